The Morgan fingerprint density at radius 3 is 0.744 bits per heavy atom. The summed E-state index contributed by atoms with van der Waals surface area (Å²) < 4.78 is 110. The summed E-state index contributed by atoms with van der Waals surface area (Å²) in [5.74, 6) is -9.72. The number of carbonyl (C=O) groups excluding carboxylic acids is 3. The third-order valence-electron chi connectivity index (χ3n) is 3.40. The highest BCUT2D eigenvalue weighted by molar-refractivity contribution is 6.59. The van der Waals surface area contributed by atoms with Gasteiger partial charge in [0.2, 0.25) is 0 Å². The van der Waals surface area contributed by atoms with Gasteiger partial charge in [0, 0.05) is 0 Å². The van der Waals surface area contributed by atoms with Crippen molar-refractivity contribution in [3.8, 4) is 5.75 Å². The van der Waals surface area contributed by atoms with E-state index in [2.05, 4.69) is 9.47 Å². The Morgan fingerprint density at radius 2 is 0.558 bits per heavy atom. The zero-order chi connectivity index (χ0) is 34.6. The van der Waals surface area contributed by atoms with E-state index < -0.39 is 52.2 Å². The van der Waals surface area contributed by atoms with Crippen LogP contribution in [0.25, 0.3) is 0 Å². The molecule has 5 nitrogen and oxygen atoms in total. The Hall–Kier alpha value is -0.390. The molecule has 0 N–H and O–H groups in total. The maximum Gasteiger partial charge on any atom is 0.491 e. The van der Waals surface area contributed by atoms with Gasteiger partial charge in [-0.15, -0.1) is 0 Å². The molecule has 0 heterocycles. The van der Waals surface area contributed by atoms with E-state index >= 15 is 0 Å². The molecule has 0 fully saturated rings. The molecule has 0 aliphatic carbocycles. The SMILES string of the molecule is Clc1c(Cl)c(Cl)c(Cl)c(Cl)c1Cl.O=C(OC(=O)C(F)(F)F)C(F)(F)F.O=C(Oc1c(Cl)c(Cl)c(Cl)c(Cl)c1Cl)C(F)(F)F. The lowest BCUT2D eigenvalue weighted by molar-refractivity contribution is -0.221. The zero-order valence-electron chi connectivity index (χ0n) is 18.6. The first kappa shape index (κ1) is 42.6. The molecule has 0 unspecified atom stereocenters. The minimum atomic E-state index is -5.62. The van der Waals surface area contributed by atoms with Crippen LogP contribution in [0.4, 0.5) is 39.5 Å². The second-order valence-electron chi connectivity index (χ2n) is 6.34. The number of carbonyl (C=O) groups is 3. The molecule has 2 aromatic rings. The van der Waals surface area contributed by atoms with E-state index in [1.165, 1.54) is 0 Å². The van der Waals surface area contributed by atoms with Gasteiger partial charge in [-0.25, -0.2) is 14.4 Å². The number of alkyl halides is 9. The summed E-state index contributed by atoms with van der Waals surface area (Å²) in [5.41, 5.74) is 0. The van der Waals surface area contributed by atoms with E-state index in [1.54, 1.807) is 0 Å². The average molecular weight is 857 g/mol. The van der Waals surface area contributed by atoms with Crippen LogP contribution in [-0.2, 0) is 19.1 Å². The van der Waals surface area contributed by atoms with Gasteiger partial charge in [-0.1, -0.05) is 128 Å². The molecule has 0 atom stereocenters. The summed E-state index contributed by atoms with van der Waals surface area (Å²) in [5, 5.41) is -1.46. The van der Waals surface area contributed by atoms with Crippen LogP contribution in [0.5, 0.6) is 5.75 Å². The summed E-state index contributed by atoms with van der Waals surface area (Å²) >= 11 is 61.9. The number of ether oxygens (including phenoxy) is 2. The van der Waals surface area contributed by atoms with Gasteiger partial charge in [0.05, 0.1) is 45.2 Å². The Bertz CT molecular complexity index is 1250. The topological polar surface area (TPSA) is 69.7 Å². The van der Waals surface area contributed by atoms with Crippen LogP contribution >= 0.6 is 128 Å². The number of rotatable bonds is 1. The van der Waals surface area contributed by atoms with Crippen LogP contribution in [0.3, 0.4) is 0 Å². The van der Waals surface area contributed by atoms with Crippen molar-refractivity contribution in [3.63, 3.8) is 0 Å². The molecule has 0 amide bonds. The molecule has 0 spiro atoms. The number of halogens is 20. The van der Waals surface area contributed by atoms with Crippen molar-refractivity contribution in [2.24, 2.45) is 0 Å². The van der Waals surface area contributed by atoms with Gasteiger partial charge < -0.3 is 9.47 Å². The third-order valence-corrected chi connectivity index (χ3v) is 8.49. The highest BCUT2D eigenvalue weighted by Gasteiger charge is 2.49. The van der Waals surface area contributed by atoms with Crippen molar-refractivity contribution in [1.82, 2.24) is 0 Å². The summed E-state index contributed by atoms with van der Waals surface area (Å²) in [4.78, 5) is 30.0. The number of benzene rings is 2. The second kappa shape index (κ2) is 16.4. The van der Waals surface area contributed by atoms with Gasteiger partial charge in [-0.2, -0.15) is 39.5 Å². The molecule has 0 aliphatic heterocycles. The normalized spacial score (nSPS) is 11.5. The maximum absolute atomic E-state index is 12.0. The maximum atomic E-state index is 12.0. The van der Waals surface area contributed by atoms with Crippen LogP contribution in [0.2, 0.25) is 55.2 Å². The monoisotopic (exact) mass is 852 g/mol. The van der Waals surface area contributed by atoms with Crippen LogP contribution in [0, 0.1) is 0 Å². The van der Waals surface area contributed by atoms with Gasteiger partial charge in [0.1, 0.15) is 10.0 Å². The minimum absolute atomic E-state index is 0.109. The fourth-order valence-electron chi connectivity index (χ4n) is 1.60. The van der Waals surface area contributed by atoms with Crippen molar-refractivity contribution in [3.05, 3.63) is 55.2 Å². The molecule has 0 saturated heterocycles. The molecule has 43 heavy (non-hydrogen) atoms. The average Bonchev–Trinajstić information content (AvgIpc) is 2.88. The van der Waals surface area contributed by atoms with Crippen molar-refractivity contribution in [2.45, 2.75) is 18.5 Å². The highest BCUT2D eigenvalue weighted by atomic mass is 35.5. The molecule has 25 heteroatoms. The van der Waals surface area contributed by atoms with Gasteiger partial charge in [-0.3, -0.25) is 0 Å². The third kappa shape index (κ3) is 12.0. The number of esters is 3. The smallest absolute Gasteiger partial charge is 0.417 e. The first-order chi connectivity index (χ1) is 19.1. The van der Waals surface area contributed by atoms with Crippen LogP contribution in [-0.4, -0.2) is 36.4 Å². The van der Waals surface area contributed by atoms with Gasteiger partial charge in [0.15, 0.2) is 5.75 Å². The molecular formula is C18Cl11F9O5. The predicted octanol–water partition coefficient (Wildman–Crippen LogP) is 12.2. The fraction of sp³-hybridized carbons (Fsp3) is 0.167. The van der Waals surface area contributed by atoms with E-state index in [-0.39, 0.29) is 45.2 Å². The Morgan fingerprint density at radius 1 is 0.372 bits per heavy atom. The van der Waals surface area contributed by atoms with E-state index in [0.717, 1.165) is 0 Å². The molecular weight excluding hydrogens is 857 g/mol. The summed E-state index contributed by atoms with van der Waals surface area (Å²) in [6.45, 7) is 0. The first-order valence-electron chi connectivity index (χ1n) is 8.96. The second-order valence-corrected chi connectivity index (χ2v) is 10.5. The van der Waals surface area contributed by atoms with Crippen LogP contribution in [0.15, 0.2) is 0 Å². The molecule has 2 aromatic carbocycles. The van der Waals surface area contributed by atoms with Crippen LogP contribution < -0.4 is 4.74 Å². The summed E-state index contributed by atoms with van der Waals surface area (Å²) in [6.07, 6.45) is -16.5. The van der Waals surface area contributed by atoms with Crippen molar-refractivity contribution < 1.29 is 63.4 Å². The summed E-state index contributed by atoms with van der Waals surface area (Å²) in [7, 11) is 0. The van der Waals surface area contributed by atoms with E-state index in [1.807, 2.05) is 0 Å². The van der Waals surface area contributed by atoms with Gasteiger partial charge >= 0.3 is 36.4 Å². The molecule has 0 aromatic heterocycles. The molecule has 0 aliphatic rings. The fourth-order valence-corrected chi connectivity index (χ4v) is 4.23. The standard InChI is InChI=1S/C8Cl5F3O2.C6Cl6.C4F6O3/c9-1-2(10)4(12)6(5(13)3(1)11)18-7(17)8(14,15)16;7-1-2(8)4(10)6(12)5(11)3(1)9;5-3(6,7)1(11)13-2(12)4(8,9)10. The lowest BCUT2D eigenvalue weighted by Crippen LogP contribution is -2.34. The van der Waals surface area contributed by atoms with E-state index in [0.29, 0.717) is 0 Å². The lowest BCUT2D eigenvalue weighted by Gasteiger charge is -2.13. The molecule has 0 bridgehead atoms. The highest BCUT2D eigenvalue weighted by Crippen LogP contribution is 2.49. The predicted molar refractivity (Wildman–Crippen MR) is 143 cm³/mol. The zero-order valence-corrected chi connectivity index (χ0v) is 26.9. The van der Waals surface area contributed by atoms with Crippen LogP contribution in [0.1, 0.15) is 0 Å². The van der Waals surface area contributed by atoms with Gasteiger partial charge in [-0.05, 0) is 0 Å². The molecule has 2 rings (SSSR count). The molecule has 242 valence electrons. The Balaban J connectivity index is 0.000000633. The van der Waals surface area contributed by atoms with Crippen molar-refractivity contribution in [2.75, 3.05) is 0 Å². The Labute approximate surface area is 286 Å². The number of hydrogen-bond acceptors (Lipinski definition) is 5. The Kier molecular flexibility index (Phi) is 16.3. The van der Waals surface area contributed by atoms with Crippen molar-refractivity contribution >= 4 is 146 Å². The first-order valence-corrected chi connectivity index (χ1v) is 13.1. The van der Waals surface area contributed by atoms with E-state index in [9.17, 15) is 53.9 Å². The van der Waals surface area contributed by atoms with E-state index in [4.69, 9.17) is 128 Å². The minimum Gasteiger partial charge on any atom is -0.417 e. The quantitative estimate of drug-likeness (QED) is 0.0714. The number of hydrogen-bond donors (Lipinski definition) is 0. The molecule has 0 saturated carbocycles. The lowest BCUT2D eigenvalue weighted by atomic mass is 10.3. The molecule has 0 radical (unpaired) electrons. The largest absolute Gasteiger partial charge is 0.491 e. The summed E-state index contributed by atoms with van der Waals surface area (Å²) in [6, 6.07) is 0. The van der Waals surface area contributed by atoms with Gasteiger partial charge in [0.25, 0.3) is 0 Å². The van der Waals surface area contributed by atoms with Crippen molar-refractivity contribution in [1.29, 1.82) is 0 Å².